The molecule has 1 N–H and O–H groups in total. The number of hydrogen-bond acceptors (Lipinski definition) is 3. The molecule has 0 unspecified atom stereocenters. The van der Waals surface area contributed by atoms with Gasteiger partial charge in [-0.05, 0) is 23.7 Å². The second-order valence-electron chi connectivity index (χ2n) is 2.75. The van der Waals surface area contributed by atoms with E-state index in [4.69, 9.17) is 16.0 Å². The fourth-order valence-corrected chi connectivity index (χ4v) is 1.75. The van der Waals surface area contributed by atoms with Crippen LogP contribution in [0, 0.1) is 0 Å². The van der Waals surface area contributed by atoms with Gasteiger partial charge < -0.3 is 9.73 Å². The van der Waals surface area contributed by atoms with Crippen LogP contribution >= 0.6 is 35.8 Å². The maximum atomic E-state index is 5.63. The zero-order chi connectivity index (χ0) is 10.2. The van der Waals surface area contributed by atoms with E-state index < -0.39 is 0 Å². The normalized spacial score (nSPS) is 9.67. The van der Waals surface area contributed by atoms with Gasteiger partial charge in [-0.2, -0.15) is 11.8 Å². The molecule has 0 saturated heterocycles. The van der Waals surface area contributed by atoms with Gasteiger partial charge in [-0.1, -0.05) is 6.08 Å². The molecule has 1 heterocycles. The Bertz CT molecular complexity index is 278. The quantitative estimate of drug-likeness (QED) is 0.606. The minimum absolute atomic E-state index is 0. The van der Waals surface area contributed by atoms with Gasteiger partial charge in [0.25, 0.3) is 0 Å². The van der Waals surface area contributed by atoms with Crippen molar-refractivity contribution in [3.05, 3.63) is 35.8 Å². The lowest BCUT2D eigenvalue weighted by atomic mass is 10.4. The smallest absolute Gasteiger partial charge is 0.193 e. The number of halogens is 2. The summed E-state index contributed by atoms with van der Waals surface area (Å²) >= 11 is 7.49. The van der Waals surface area contributed by atoms with E-state index in [1.807, 2.05) is 23.9 Å². The highest BCUT2D eigenvalue weighted by molar-refractivity contribution is 7.99. The third-order valence-electron chi connectivity index (χ3n) is 1.59. The van der Waals surface area contributed by atoms with Crippen molar-refractivity contribution in [1.82, 2.24) is 5.32 Å². The summed E-state index contributed by atoms with van der Waals surface area (Å²) < 4.78 is 5.19. The van der Waals surface area contributed by atoms with Gasteiger partial charge in [-0.15, -0.1) is 19.0 Å². The average molecular weight is 268 g/mol. The Morgan fingerprint density at radius 1 is 1.53 bits per heavy atom. The third-order valence-corrected chi connectivity index (χ3v) is 2.75. The van der Waals surface area contributed by atoms with Crippen molar-refractivity contribution in [3.63, 3.8) is 0 Å². The van der Waals surface area contributed by atoms with Crippen molar-refractivity contribution in [1.29, 1.82) is 0 Å². The highest BCUT2D eigenvalue weighted by Crippen LogP contribution is 2.12. The first-order valence-electron chi connectivity index (χ1n) is 4.46. The van der Waals surface area contributed by atoms with Crippen LogP contribution in [-0.4, -0.2) is 18.1 Å². The fraction of sp³-hybridized carbons (Fsp3) is 0.400. The van der Waals surface area contributed by atoms with Crippen LogP contribution in [0.4, 0.5) is 0 Å². The first-order valence-corrected chi connectivity index (χ1v) is 6.00. The Morgan fingerprint density at radius 2 is 2.33 bits per heavy atom. The van der Waals surface area contributed by atoms with Crippen molar-refractivity contribution in [2.75, 3.05) is 18.1 Å². The van der Waals surface area contributed by atoms with Crippen LogP contribution in [0.15, 0.2) is 29.2 Å². The van der Waals surface area contributed by atoms with Crippen LogP contribution in [0.1, 0.15) is 5.76 Å². The van der Waals surface area contributed by atoms with E-state index in [9.17, 15) is 0 Å². The molecule has 0 aromatic carbocycles. The maximum absolute atomic E-state index is 5.63. The third kappa shape index (κ3) is 6.90. The lowest BCUT2D eigenvalue weighted by Crippen LogP contribution is -2.16. The Morgan fingerprint density at radius 3 is 2.93 bits per heavy atom. The molecule has 86 valence electrons. The summed E-state index contributed by atoms with van der Waals surface area (Å²) in [6.07, 6.45) is 1.91. The highest BCUT2D eigenvalue weighted by Gasteiger charge is 1.97. The van der Waals surface area contributed by atoms with Crippen molar-refractivity contribution >= 4 is 35.8 Å². The molecule has 1 rings (SSSR count). The molecule has 0 atom stereocenters. The van der Waals surface area contributed by atoms with Crippen LogP contribution in [0.5, 0.6) is 0 Å². The Kier molecular flexibility index (Phi) is 9.10. The van der Waals surface area contributed by atoms with E-state index >= 15 is 0 Å². The summed E-state index contributed by atoms with van der Waals surface area (Å²) in [4.78, 5) is 0. The molecular formula is C10H15Cl2NOS. The standard InChI is InChI=1S/C10H14ClNOS.ClH/c1-2-6-14-7-5-12-8-9-3-4-10(11)13-9;/h2-4,12H,1,5-8H2;1H. The van der Waals surface area contributed by atoms with Crippen LogP contribution in [-0.2, 0) is 6.54 Å². The second-order valence-corrected chi connectivity index (χ2v) is 4.27. The number of rotatable bonds is 7. The fourth-order valence-electron chi connectivity index (χ4n) is 0.969. The van der Waals surface area contributed by atoms with Gasteiger partial charge in [-0.3, -0.25) is 0 Å². The molecule has 2 nitrogen and oxygen atoms in total. The first-order chi connectivity index (χ1) is 6.83. The SMILES string of the molecule is C=CCSCCNCc1ccc(Cl)o1.Cl. The summed E-state index contributed by atoms with van der Waals surface area (Å²) in [6, 6.07) is 3.64. The number of furan rings is 1. The number of hydrogen-bond donors (Lipinski definition) is 1. The van der Waals surface area contributed by atoms with Crippen LogP contribution in [0.3, 0.4) is 0 Å². The van der Waals surface area contributed by atoms with E-state index in [-0.39, 0.29) is 12.4 Å². The summed E-state index contributed by atoms with van der Waals surface area (Å²) in [5, 5.41) is 3.71. The molecule has 1 aromatic rings. The molecule has 0 saturated carbocycles. The van der Waals surface area contributed by atoms with Crippen LogP contribution in [0.25, 0.3) is 0 Å². The van der Waals surface area contributed by atoms with Gasteiger partial charge >= 0.3 is 0 Å². The van der Waals surface area contributed by atoms with Crippen molar-refractivity contribution < 1.29 is 4.42 Å². The molecule has 0 spiro atoms. The van der Waals surface area contributed by atoms with Crippen molar-refractivity contribution in [3.8, 4) is 0 Å². The lowest BCUT2D eigenvalue weighted by Gasteiger charge is -2.00. The number of thioether (sulfide) groups is 1. The topological polar surface area (TPSA) is 25.2 Å². The molecule has 1 aromatic heterocycles. The zero-order valence-electron chi connectivity index (χ0n) is 8.37. The molecule has 0 amide bonds. The van der Waals surface area contributed by atoms with Crippen LogP contribution < -0.4 is 5.32 Å². The number of nitrogens with one attached hydrogen (secondary N) is 1. The molecular weight excluding hydrogens is 253 g/mol. The summed E-state index contributed by atoms with van der Waals surface area (Å²) in [7, 11) is 0. The van der Waals surface area contributed by atoms with Gasteiger partial charge in [0.1, 0.15) is 5.76 Å². The average Bonchev–Trinajstić information content (AvgIpc) is 2.58. The molecule has 0 fully saturated rings. The van der Waals surface area contributed by atoms with Crippen LogP contribution in [0.2, 0.25) is 5.22 Å². The van der Waals surface area contributed by atoms with Gasteiger partial charge in [-0.25, -0.2) is 0 Å². The maximum Gasteiger partial charge on any atom is 0.193 e. The first kappa shape index (κ1) is 14.9. The Labute approximate surface area is 106 Å². The molecule has 0 aliphatic heterocycles. The predicted molar refractivity (Wildman–Crippen MR) is 70.2 cm³/mol. The van der Waals surface area contributed by atoms with Crippen molar-refractivity contribution in [2.45, 2.75) is 6.54 Å². The lowest BCUT2D eigenvalue weighted by molar-refractivity contribution is 0.490. The highest BCUT2D eigenvalue weighted by atomic mass is 35.5. The largest absolute Gasteiger partial charge is 0.448 e. The Hall–Kier alpha value is -0.0900. The van der Waals surface area contributed by atoms with Gasteiger partial charge in [0.2, 0.25) is 0 Å². The molecule has 0 radical (unpaired) electrons. The molecule has 0 bridgehead atoms. The monoisotopic (exact) mass is 267 g/mol. The van der Waals surface area contributed by atoms with E-state index in [1.165, 1.54) is 0 Å². The van der Waals surface area contributed by atoms with E-state index in [2.05, 4.69) is 11.9 Å². The zero-order valence-corrected chi connectivity index (χ0v) is 10.8. The second kappa shape index (κ2) is 9.16. The van der Waals surface area contributed by atoms with Crippen molar-refractivity contribution in [2.24, 2.45) is 0 Å². The van der Waals surface area contributed by atoms with E-state index in [0.29, 0.717) is 5.22 Å². The summed E-state index contributed by atoms with van der Waals surface area (Å²) in [5.41, 5.74) is 0. The molecule has 0 aliphatic rings. The van der Waals surface area contributed by atoms with E-state index in [0.717, 1.165) is 30.4 Å². The minimum atomic E-state index is 0. The summed E-state index contributed by atoms with van der Waals surface area (Å²) in [6.45, 7) is 5.36. The Balaban J connectivity index is 0.00000196. The molecule has 0 aliphatic carbocycles. The van der Waals surface area contributed by atoms with Gasteiger partial charge in [0, 0.05) is 18.1 Å². The molecule has 5 heteroatoms. The molecule has 15 heavy (non-hydrogen) atoms. The van der Waals surface area contributed by atoms with Gasteiger partial charge in [0.05, 0.1) is 6.54 Å². The van der Waals surface area contributed by atoms with Gasteiger partial charge in [0.15, 0.2) is 5.22 Å². The van der Waals surface area contributed by atoms with E-state index in [1.54, 1.807) is 6.07 Å². The minimum Gasteiger partial charge on any atom is -0.448 e. The summed E-state index contributed by atoms with van der Waals surface area (Å²) in [5.74, 6) is 2.97. The predicted octanol–water partition coefficient (Wildman–Crippen LogP) is 3.36.